The van der Waals surface area contributed by atoms with Gasteiger partial charge in [-0.1, -0.05) is 22.0 Å². The number of rotatable bonds is 0. The van der Waals surface area contributed by atoms with Crippen molar-refractivity contribution in [3.05, 3.63) is 38.7 Å². The predicted molar refractivity (Wildman–Crippen MR) is 87.7 cm³/mol. The van der Waals surface area contributed by atoms with Gasteiger partial charge in [-0.2, -0.15) is 0 Å². The van der Waals surface area contributed by atoms with Crippen molar-refractivity contribution in [3.8, 4) is 0 Å². The molecule has 3 heterocycles. The maximum Gasteiger partial charge on any atom is 0.410 e. The van der Waals surface area contributed by atoms with Gasteiger partial charge in [-0.25, -0.2) is 4.79 Å². The number of hydrogen-bond acceptors (Lipinski definition) is 3. The minimum absolute atomic E-state index is 0.00862. The van der Waals surface area contributed by atoms with Crippen LogP contribution in [0.1, 0.15) is 26.5 Å². The molecule has 1 amide bonds. The van der Waals surface area contributed by atoms with Crippen LogP contribution in [-0.2, 0) is 11.3 Å². The lowest BCUT2D eigenvalue weighted by Gasteiger charge is -2.37. The van der Waals surface area contributed by atoms with Crippen molar-refractivity contribution in [1.29, 1.82) is 0 Å². The Labute approximate surface area is 137 Å². The number of halogens is 1. The summed E-state index contributed by atoms with van der Waals surface area (Å²) in [5.74, 6) is 0.155. The third-order valence-electron chi connectivity index (χ3n) is 3.74. The average Bonchev–Trinajstić information content (AvgIpc) is 2.38. The Morgan fingerprint density at radius 1 is 1.32 bits per heavy atom. The van der Waals surface area contributed by atoms with E-state index >= 15 is 0 Å². The van der Waals surface area contributed by atoms with E-state index in [1.807, 2.05) is 26.8 Å². The summed E-state index contributed by atoms with van der Waals surface area (Å²) >= 11 is 3.37. The van der Waals surface area contributed by atoms with Gasteiger partial charge < -0.3 is 14.2 Å². The van der Waals surface area contributed by atoms with E-state index in [0.717, 1.165) is 15.7 Å². The molecule has 0 saturated carbocycles. The van der Waals surface area contributed by atoms with Crippen LogP contribution >= 0.6 is 15.9 Å². The first-order valence-corrected chi connectivity index (χ1v) is 8.11. The molecule has 1 unspecified atom stereocenters. The van der Waals surface area contributed by atoms with E-state index in [0.29, 0.717) is 19.6 Å². The molecule has 0 N–H and O–H groups in total. The van der Waals surface area contributed by atoms with E-state index in [1.165, 1.54) is 0 Å². The molecule has 3 rings (SSSR count). The number of amides is 1. The summed E-state index contributed by atoms with van der Waals surface area (Å²) in [7, 11) is 0. The molecule has 0 aliphatic carbocycles. The van der Waals surface area contributed by atoms with Gasteiger partial charge in [0.2, 0.25) is 0 Å². The fourth-order valence-electron chi connectivity index (χ4n) is 2.94. The van der Waals surface area contributed by atoms with Crippen LogP contribution in [0, 0.1) is 5.92 Å². The lowest BCUT2D eigenvalue weighted by molar-refractivity contribution is 0.0241. The molecular formula is C16H19BrN2O3. The zero-order chi connectivity index (χ0) is 16.1. The summed E-state index contributed by atoms with van der Waals surface area (Å²) in [5.41, 5.74) is 1.37. The van der Waals surface area contributed by atoms with E-state index in [4.69, 9.17) is 4.74 Å². The third kappa shape index (κ3) is 2.97. The zero-order valence-corrected chi connectivity index (χ0v) is 14.5. The molecule has 1 aromatic heterocycles. The second-order valence-electron chi connectivity index (χ2n) is 6.82. The molecule has 2 aliphatic rings. The first kappa shape index (κ1) is 15.3. The number of hydrogen-bond donors (Lipinski definition) is 0. The van der Waals surface area contributed by atoms with Gasteiger partial charge in [0, 0.05) is 35.2 Å². The smallest absolute Gasteiger partial charge is 0.410 e. The van der Waals surface area contributed by atoms with Gasteiger partial charge in [0.1, 0.15) is 5.60 Å². The largest absolute Gasteiger partial charge is 0.444 e. The molecule has 2 aliphatic heterocycles. The van der Waals surface area contributed by atoms with Crippen LogP contribution < -0.4 is 5.56 Å². The Balaban J connectivity index is 1.88. The van der Waals surface area contributed by atoms with Crippen LogP contribution in [-0.4, -0.2) is 34.3 Å². The highest BCUT2D eigenvalue weighted by molar-refractivity contribution is 9.10. The van der Waals surface area contributed by atoms with Crippen LogP contribution in [0.3, 0.4) is 0 Å². The van der Waals surface area contributed by atoms with Crippen LogP contribution in [0.2, 0.25) is 0 Å². The Bertz CT molecular complexity index is 715. The standard InChI is InChI=1S/C16H19BrN2O3/c1-16(2,3)22-15(21)18-7-10-4-11(9-18)13-5-12(17)6-14(20)19(13)8-10/h4-6,10H,7-9H2,1-3H3. The first-order valence-electron chi connectivity index (χ1n) is 7.32. The maximum absolute atomic E-state index is 12.3. The minimum atomic E-state index is -0.504. The van der Waals surface area contributed by atoms with Gasteiger partial charge in [0.15, 0.2) is 0 Å². The van der Waals surface area contributed by atoms with Crippen LogP contribution in [0.5, 0.6) is 0 Å². The molecule has 0 saturated heterocycles. The molecule has 1 atom stereocenters. The highest BCUT2D eigenvalue weighted by Crippen LogP contribution is 2.30. The molecular weight excluding hydrogens is 348 g/mol. The van der Waals surface area contributed by atoms with Crippen LogP contribution in [0.25, 0.3) is 5.57 Å². The van der Waals surface area contributed by atoms with E-state index in [2.05, 4.69) is 22.0 Å². The fourth-order valence-corrected chi connectivity index (χ4v) is 3.35. The van der Waals surface area contributed by atoms with Gasteiger partial charge >= 0.3 is 6.09 Å². The average molecular weight is 367 g/mol. The van der Waals surface area contributed by atoms with Gasteiger partial charge in [-0.05, 0) is 32.4 Å². The monoisotopic (exact) mass is 366 g/mol. The molecule has 1 aromatic rings. The number of ether oxygens (including phenoxy) is 1. The molecule has 0 spiro atoms. The normalized spacial score (nSPS) is 20.3. The second-order valence-corrected chi connectivity index (χ2v) is 7.74. The highest BCUT2D eigenvalue weighted by atomic mass is 79.9. The Kier molecular flexibility index (Phi) is 3.67. The van der Waals surface area contributed by atoms with E-state index in [-0.39, 0.29) is 17.6 Å². The summed E-state index contributed by atoms with van der Waals surface area (Å²) < 4.78 is 8.01. The molecule has 6 heteroatoms. The topological polar surface area (TPSA) is 51.5 Å². The number of carbonyl (C=O) groups is 1. The van der Waals surface area contributed by atoms with Crippen LogP contribution in [0.4, 0.5) is 4.79 Å². The second kappa shape index (κ2) is 5.26. The SMILES string of the molecule is CC(C)(C)OC(=O)N1CC2=CC(C1)Cn1c2cc(Br)cc1=O. The Hall–Kier alpha value is -1.56. The molecule has 0 aromatic carbocycles. The lowest BCUT2D eigenvalue weighted by atomic mass is 9.93. The Morgan fingerprint density at radius 2 is 2.05 bits per heavy atom. The van der Waals surface area contributed by atoms with Gasteiger partial charge in [-0.15, -0.1) is 0 Å². The quantitative estimate of drug-likeness (QED) is 0.709. The molecule has 5 nitrogen and oxygen atoms in total. The summed E-state index contributed by atoms with van der Waals surface area (Å²) in [6.45, 7) is 7.24. The van der Waals surface area contributed by atoms with Gasteiger partial charge in [0.25, 0.3) is 5.56 Å². The molecule has 22 heavy (non-hydrogen) atoms. The molecule has 118 valence electrons. The number of carbonyl (C=O) groups excluding carboxylic acids is 1. The first-order chi connectivity index (χ1) is 10.2. The number of aromatic nitrogens is 1. The molecule has 2 bridgehead atoms. The van der Waals surface area contributed by atoms with Crippen molar-refractivity contribution in [2.24, 2.45) is 5.92 Å². The summed E-state index contributed by atoms with van der Waals surface area (Å²) in [5, 5.41) is 0. The van der Waals surface area contributed by atoms with Crippen molar-refractivity contribution in [3.63, 3.8) is 0 Å². The van der Waals surface area contributed by atoms with Crippen molar-refractivity contribution >= 4 is 27.6 Å². The summed E-state index contributed by atoms with van der Waals surface area (Å²) in [6.07, 6.45) is 1.87. The van der Waals surface area contributed by atoms with Crippen LogP contribution in [0.15, 0.2) is 27.5 Å². The number of pyridine rings is 1. The lowest BCUT2D eigenvalue weighted by Crippen LogP contribution is -2.46. The molecule has 0 radical (unpaired) electrons. The number of nitrogens with zero attached hydrogens (tertiary/aromatic N) is 2. The fraction of sp³-hybridized carbons (Fsp3) is 0.500. The van der Waals surface area contributed by atoms with E-state index < -0.39 is 5.60 Å². The molecule has 0 fully saturated rings. The van der Waals surface area contributed by atoms with E-state index in [1.54, 1.807) is 15.5 Å². The minimum Gasteiger partial charge on any atom is -0.444 e. The van der Waals surface area contributed by atoms with E-state index in [9.17, 15) is 9.59 Å². The van der Waals surface area contributed by atoms with Gasteiger partial charge in [-0.3, -0.25) is 4.79 Å². The highest BCUT2D eigenvalue weighted by Gasteiger charge is 2.32. The van der Waals surface area contributed by atoms with Crippen molar-refractivity contribution in [2.45, 2.75) is 32.9 Å². The third-order valence-corrected chi connectivity index (χ3v) is 4.20. The summed E-state index contributed by atoms with van der Waals surface area (Å²) in [4.78, 5) is 26.1. The van der Waals surface area contributed by atoms with Gasteiger partial charge in [0.05, 0.1) is 6.54 Å². The Morgan fingerprint density at radius 3 is 2.73 bits per heavy atom. The number of fused-ring (bicyclic) bond motifs is 3. The van der Waals surface area contributed by atoms with Crippen molar-refractivity contribution in [1.82, 2.24) is 9.47 Å². The maximum atomic E-state index is 12.3. The predicted octanol–water partition coefficient (Wildman–Crippen LogP) is 2.87. The zero-order valence-electron chi connectivity index (χ0n) is 12.9. The van der Waals surface area contributed by atoms with Crippen molar-refractivity contribution in [2.75, 3.05) is 13.1 Å². The summed E-state index contributed by atoms with van der Waals surface area (Å²) in [6, 6.07) is 3.51. The van der Waals surface area contributed by atoms with Crippen molar-refractivity contribution < 1.29 is 9.53 Å².